The molecule has 23 heavy (non-hydrogen) atoms. The summed E-state index contributed by atoms with van der Waals surface area (Å²) in [6, 6.07) is 12.9. The summed E-state index contributed by atoms with van der Waals surface area (Å²) in [5, 5.41) is 2.85. The van der Waals surface area contributed by atoms with Crippen LogP contribution in [-0.4, -0.2) is 9.55 Å². The second-order valence-corrected chi connectivity index (χ2v) is 5.24. The predicted octanol–water partition coefficient (Wildman–Crippen LogP) is 5.21. The van der Waals surface area contributed by atoms with Gasteiger partial charge in [-0.25, -0.2) is 4.98 Å². The van der Waals surface area contributed by atoms with Crippen molar-refractivity contribution in [2.45, 2.75) is 26.1 Å². The molecule has 2 aromatic carbocycles. The number of nitrogens with one attached hydrogen (secondary N) is 1. The van der Waals surface area contributed by atoms with Crippen LogP contribution in [0.15, 0.2) is 48.5 Å². The summed E-state index contributed by atoms with van der Waals surface area (Å²) in [5.41, 5.74) is 0.969. The molecule has 1 heterocycles. The highest BCUT2D eigenvalue weighted by molar-refractivity contribution is 5.80. The molecular formula is C17H16F3N3. The maximum Gasteiger partial charge on any atom is 0.418 e. The third-order valence-electron chi connectivity index (χ3n) is 3.58. The highest BCUT2D eigenvalue weighted by Crippen LogP contribution is 2.36. The molecule has 0 unspecified atom stereocenters. The van der Waals surface area contributed by atoms with Gasteiger partial charge in [-0.2, -0.15) is 13.2 Å². The zero-order valence-electron chi connectivity index (χ0n) is 12.6. The van der Waals surface area contributed by atoms with Gasteiger partial charge in [0.15, 0.2) is 0 Å². The first-order valence-electron chi connectivity index (χ1n) is 7.39. The van der Waals surface area contributed by atoms with Gasteiger partial charge >= 0.3 is 6.18 Å². The standard InChI is InChI=1S/C17H16F3N3/c1-2-11-23-15-10-6-5-9-14(15)22-16(23)21-13-8-4-3-7-12(13)17(18,19)20/h3-10H,2,11H2,1H3,(H,21,22). The average Bonchev–Trinajstić information content (AvgIpc) is 2.85. The minimum atomic E-state index is -4.41. The van der Waals surface area contributed by atoms with Crippen molar-refractivity contribution in [1.82, 2.24) is 9.55 Å². The van der Waals surface area contributed by atoms with E-state index in [1.165, 1.54) is 12.1 Å². The highest BCUT2D eigenvalue weighted by atomic mass is 19.4. The number of halogens is 3. The maximum absolute atomic E-state index is 13.1. The summed E-state index contributed by atoms with van der Waals surface area (Å²) >= 11 is 0. The molecular weight excluding hydrogens is 303 g/mol. The van der Waals surface area contributed by atoms with E-state index in [1.54, 1.807) is 6.07 Å². The molecule has 0 amide bonds. The van der Waals surface area contributed by atoms with Gasteiger partial charge in [0.25, 0.3) is 0 Å². The van der Waals surface area contributed by atoms with Crippen molar-refractivity contribution in [2.24, 2.45) is 0 Å². The van der Waals surface area contributed by atoms with Crippen LogP contribution in [0.2, 0.25) is 0 Å². The van der Waals surface area contributed by atoms with E-state index < -0.39 is 11.7 Å². The molecule has 0 saturated carbocycles. The van der Waals surface area contributed by atoms with Crippen molar-refractivity contribution < 1.29 is 13.2 Å². The number of hydrogen-bond donors (Lipinski definition) is 1. The van der Waals surface area contributed by atoms with Gasteiger partial charge in [-0.1, -0.05) is 31.2 Å². The molecule has 0 spiro atoms. The number of imidazole rings is 1. The fraction of sp³-hybridized carbons (Fsp3) is 0.235. The Morgan fingerprint density at radius 1 is 1.04 bits per heavy atom. The summed E-state index contributed by atoms with van der Waals surface area (Å²) in [6.45, 7) is 2.69. The molecule has 0 aliphatic heterocycles. The molecule has 3 nitrogen and oxygen atoms in total. The highest BCUT2D eigenvalue weighted by Gasteiger charge is 2.33. The topological polar surface area (TPSA) is 29.9 Å². The van der Waals surface area contributed by atoms with Crippen molar-refractivity contribution in [3.8, 4) is 0 Å². The van der Waals surface area contributed by atoms with Gasteiger partial charge in [-0.05, 0) is 30.7 Å². The lowest BCUT2D eigenvalue weighted by molar-refractivity contribution is -0.136. The first kappa shape index (κ1) is 15.4. The summed E-state index contributed by atoms with van der Waals surface area (Å²) in [7, 11) is 0. The Hall–Kier alpha value is -2.50. The zero-order chi connectivity index (χ0) is 16.4. The number of nitrogens with zero attached hydrogens (tertiary/aromatic N) is 2. The van der Waals surface area contributed by atoms with Crippen LogP contribution in [0.5, 0.6) is 0 Å². The van der Waals surface area contributed by atoms with Gasteiger partial charge in [0, 0.05) is 6.54 Å². The van der Waals surface area contributed by atoms with Crippen molar-refractivity contribution in [3.63, 3.8) is 0 Å². The van der Waals surface area contributed by atoms with Crippen LogP contribution in [-0.2, 0) is 12.7 Å². The number of fused-ring (bicyclic) bond motifs is 1. The molecule has 1 N–H and O–H groups in total. The lowest BCUT2D eigenvalue weighted by Gasteiger charge is -2.15. The maximum atomic E-state index is 13.1. The Morgan fingerprint density at radius 2 is 1.74 bits per heavy atom. The monoisotopic (exact) mass is 319 g/mol. The smallest absolute Gasteiger partial charge is 0.325 e. The number of alkyl halides is 3. The van der Waals surface area contributed by atoms with Crippen LogP contribution in [0.1, 0.15) is 18.9 Å². The molecule has 0 aliphatic carbocycles. The Balaban J connectivity index is 2.07. The number of hydrogen-bond acceptors (Lipinski definition) is 2. The van der Waals surface area contributed by atoms with Crippen LogP contribution < -0.4 is 5.32 Å². The summed E-state index contributed by atoms with van der Waals surface area (Å²) in [6.07, 6.45) is -3.55. The third kappa shape index (κ3) is 3.02. The molecule has 1 aromatic heterocycles. The van der Waals surface area contributed by atoms with E-state index in [2.05, 4.69) is 10.3 Å². The third-order valence-corrected chi connectivity index (χ3v) is 3.58. The van der Waals surface area contributed by atoms with Gasteiger partial charge in [0.2, 0.25) is 5.95 Å². The Labute approximate surface area is 131 Å². The zero-order valence-corrected chi connectivity index (χ0v) is 12.6. The first-order valence-corrected chi connectivity index (χ1v) is 7.39. The Morgan fingerprint density at radius 3 is 2.48 bits per heavy atom. The SMILES string of the molecule is CCCn1c(Nc2ccccc2C(F)(F)F)nc2ccccc21. The average molecular weight is 319 g/mol. The van der Waals surface area contributed by atoms with Crippen LogP contribution in [0, 0.1) is 0 Å². The predicted molar refractivity (Wildman–Crippen MR) is 84.8 cm³/mol. The number of aryl methyl sites for hydroxylation is 1. The van der Waals surface area contributed by atoms with Gasteiger partial charge in [0.05, 0.1) is 22.3 Å². The molecule has 120 valence electrons. The molecule has 3 aromatic rings. The fourth-order valence-electron chi connectivity index (χ4n) is 2.58. The number of para-hydroxylation sites is 3. The quantitative estimate of drug-likeness (QED) is 0.715. The van der Waals surface area contributed by atoms with E-state index in [0.29, 0.717) is 12.5 Å². The van der Waals surface area contributed by atoms with Gasteiger partial charge in [-0.15, -0.1) is 0 Å². The lowest BCUT2D eigenvalue weighted by atomic mass is 10.1. The minimum Gasteiger partial charge on any atom is -0.325 e. The molecule has 0 atom stereocenters. The number of rotatable bonds is 4. The number of benzene rings is 2. The molecule has 0 saturated heterocycles. The van der Waals surface area contributed by atoms with Crippen LogP contribution >= 0.6 is 0 Å². The Bertz CT molecular complexity index is 821. The Kier molecular flexibility index (Phi) is 3.98. The van der Waals surface area contributed by atoms with E-state index >= 15 is 0 Å². The summed E-state index contributed by atoms with van der Waals surface area (Å²) in [5.74, 6) is 0.421. The van der Waals surface area contributed by atoms with E-state index in [1.807, 2.05) is 35.8 Å². The summed E-state index contributed by atoms with van der Waals surface area (Å²) in [4.78, 5) is 4.43. The van der Waals surface area contributed by atoms with Crippen molar-refractivity contribution >= 4 is 22.7 Å². The van der Waals surface area contributed by atoms with Crippen LogP contribution in [0.25, 0.3) is 11.0 Å². The molecule has 0 bridgehead atoms. The first-order chi connectivity index (χ1) is 11.0. The van der Waals surface area contributed by atoms with Crippen molar-refractivity contribution in [2.75, 3.05) is 5.32 Å². The van der Waals surface area contributed by atoms with Gasteiger partial charge in [-0.3, -0.25) is 0 Å². The molecule has 0 aliphatic rings. The lowest BCUT2D eigenvalue weighted by Crippen LogP contribution is -2.10. The van der Waals surface area contributed by atoms with E-state index in [-0.39, 0.29) is 5.69 Å². The summed E-state index contributed by atoms with van der Waals surface area (Å²) < 4.78 is 41.3. The van der Waals surface area contributed by atoms with Gasteiger partial charge < -0.3 is 9.88 Å². The van der Waals surface area contributed by atoms with Crippen molar-refractivity contribution in [1.29, 1.82) is 0 Å². The normalized spacial score (nSPS) is 11.8. The molecule has 3 rings (SSSR count). The molecule has 6 heteroatoms. The number of aromatic nitrogens is 2. The fourth-order valence-corrected chi connectivity index (χ4v) is 2.58. The van der Waals surface area contributed by atoms with E-state index in [4.69, 9.17) is 0 Å². The van der Waals surface area contributed by atoms with Crippen LogP contribution in [0.3, 0.4) is 0 Å². The van der Waals surface area contributed by atoms with E-state index in [9.17, 15) is 13.2 Å². The second kappa shape index (κ2) is 5.95. The largest absolute Gasteiger partial charge is 0.418 e. The molecule has 0 radical (unpaired) electrons. The number of anilines is 2. The van der Waals surface area contributed by atoms with Gasteiger partial charge in [0.1, 0.15) is 0 Å². The molecule has 0 fully saturated rings. The van der Waals surface area contributed by atoms with Crippen LogP contribution in [0.4, 0.5) is 24.8 Å². The second-order valence-electron chi connectivity index (χ2n) is 5.24. The van der Waals surface area contributed by atoms with E-state index in [0.717, 1.165) is 23.5 Å². The minimum absolute atomic E-state index is 0.00709. The van der Waals surface area contributed by atoms with Crippen molar-refractivity contribution in [3.05, 3.63) is 54.1 Å².